The molecule has 0 saturated heterocycles. The molecule has 0 heterocycles. The summed E-state index contributed by atoms with van der Waals surface area (Å²) < 4.78 is 41.4. The minimum absolute atomic E-state index is 0.0779. The van der Waals surface area contributed by atoms with Crippen molar-refractivity contribution in [1.82, 2.24) is 4.72 Å². The Kier molecular flexibility index (Phi) is 5.20. The van der Waals surface area contributed by atoms with Crippen molar-refractivity contribution in [2.75, 3.05) is 0 Å². The van der Waals surface area contributed by atoms with E-state index in [4.69, 9.17) is 0 Å². The third-order valence-electron chi connectivity index (χ3n) is 3.93. The Balaban J connectivity index is 2.08. The third kappa shape index (κ3) is 3.80. The Morgan fingerprint density at radius 1 is 1.30 bits per heavy atom. The fourth-order valence-electron chi connectivity index (χ4n) is 2.66. The lowest BCUT2D eigenvalue weighted by atomic mass is 9.85. The van der Waals surface area contributed by atoms with Gasteiger partial charge in [-0.3, -0.25) is 0 Å². The Bertz CT molecular complexity index is 569. The number of benzene rings is 1. The van der Waals surface area contributed by atoms with Gasteiger partial charge in [-0.25, -0.2) is 17.5 Å². The second-order valence-electron chi connectivity index (χ2n) is 5.32. The lowest BCUT2D eigenvalue weighted by Gasteiger charge is -2.28. The molecule has 1 fully saturated rings. The smallest absolute Gasteiger partial charge is 0.208 e. The Morgan fingerprint density at radius 2 is 1.95 bits per heavy atom. The normalized spacial score (nSPS) is 23.8. The molecule has 0 unspecified atom stereocenters. The Hall–Kier alpha value is -0.460. The lowest BCUT2D eigenvalue weighted by molar-refractivity contribution is 0.306. The van der Waals surface area contributed by atoms with Crippen LogP contribution in [0.3, 0.4) is 0 Å². The van der Waals surface area contributed by atoms with Gasteiger partial charge >= 0.3 is 0 Å². The van der Waals surface area contributed by atoms with Crippen LogP contribution in [0.5, 0.6) is 0 Å². The van der Waals surface area contributed by atoms with E-state index in [1.165, 1.54) is 18.2 Å². The van der Waals surface area contributed by atoms with Crippen molar-refractivity contribution in [3.05, 3.63) is 28.5 Å². The molecule has 0 bridgehead atoms. The van der Waals surface area contributed by atoms with Gasteiger partial charge in [-0.15, -0.1) is 0 Å². The molecule has 0 spiro atoms. The van der Waals surface area contributed by atoms with E-state index in [1.54, 1.807) is 0 Å². The Morgan fingerprint density at radius 3 is 2.50 bits per heavy atom. The van der Waals surface area contributed by atoms with Crippen LogP contribution in [0, 0.1) is 11.7 Å². The number of sulfonamides is 1. The molecule has 1 aliphatic carbocycles. The molecule has 1 aliphatic rings. The van der Waals surface area contributed by atoms with Gasteiger partial charge in [0.2, 0.25) is 10.0 Å². The van der Waals surface area contributed by atoms with Gasteiger partial charge in [0, 0.05) is 10.5 Å². The van der Waals surface area contributed by atoms with Crippen LogP contribution in [-0.4, -0.2) is 14.5 Å². The predicted octanol–water partition coefficient (Wildman–Crippen LogP) is 3.84. The van der Waals surface area contributed by atoms with Crippen molar-refractivity contribution in [2.45, 2.75) is 50.0 Å². The van der Waals surface area contributed by atoms with E-state index >= 15 is 0 Å². The monoisotopic (exact) mass is 363 g/mol. The summed E-state index contributed by atoms with van der Waals surface area (Å²) in [7, 11) is -3.78. The van der Waals surface area contributed by atoms with E-state index in [-0.39, 0.29) is 10.9 Å². The zero-order valence-corrected chi connectivity index (χ0v) is 13.8. The molecule has 6 heteroatoms. The van der Waals surface area contributed by atoms with E-state index < -0.39 is 15.8 Å². The second kappa shape index (κ2) is 6.54. The molecule has 1 N–H and O–H groups in total. The van der Waals surface area contributed by atoms with Gasteiger partial charge in [-0.05, 0) is 49.8 Å². The molecule has 1 saturated carbocycles. The number of hydrogen-bond acceptors (Lipinski definition) is 2. The fourth-order valence-corrected chi connectivity index (χ4v) is 4.36. The SMILES string of the molecule is CCC1CCC(NS(=O)(=O)c2ccc(Br)cc2F)CC1. The number of hydrogen-bond donors (Lipinski definition) is 1. The summed E-state index contributed by atoms with van der Waals surface area (Å²) in [5.74, 6) is -0.0331. The quantitative estimate of drug-likeness (QED) is 0.883. The molecular weight excluding hydrogens is 345 g/mol. The maximum absolute atomic E-state index is 13.8. The molecule has 1 aromatic rings. The zero-order valence-electron chi connectivity index (χ0n) is 11.4. The molecule has 0 amide bonds. The minimum atomic E-state index is -3.78. The minimum Gasteiger partial charge on any atom is -0.208 e. The van der Waals surface area contributed by atoms with Crippen molar-refractivity contribution in [1.29, 1.82) is 0 Å². The predicted molar refractivity (Wildman–Crippen MR) is 80.5 cm³/mol. The van der Waals surface area contributed by atoms with Crippen molar-refractivity contribution >= 4 is 26.0 Å². The highest BCUT2D eigenvalue weighted by molar-refractivity contribution is 9.10. The average molecular weight is 364 g/mol. The van der Waals surface area contributed by atoms with Crippen LogP contribution in [0.25, 0.3) is 0 Å². The molecule has 0 radical (unpaired) electrons. The first-order valence-corrected chi connectivity index (χ1v) is 9.17. The highest BCUT2D eigenvalue weighted by Crippen LogP contribution is 2.28. The van der Waals surface area contributed by atoms with Crippen molar-refractivity contribution in [3.8, 4) is 0 Å². The maximum atomic E-state index is 13.8. The fraction of sp³-hybridized carbons (Fsp3) is 0.571. The second-order valence-corrected chi connectivity index (χ2v) is 7.92. The molecule has 1 aromatic carbocycles. The topological polar surface area (TPSA) is 46.2 Å². The molecule has 3 nitrogen and oxygen atoms in total. The summed E-state index contributed by atoms with van der Waals surface area (Å²) in [6.07, 6.45) is 4.87. The van der Waals surface area contributed by atoms with E-state index in [0.29, 0.717) is 10.4 Å². The van der Waals surface area contributed by atoms with E-state index in [2.05, 4.69) is 27.6 Å². The van der Waals surface area contributed by atoms with E-state index in [9.17, 15) is 12.8 Å². The molecule has 0 aliphatic heterocycles. The summed E-state index contributed by atoms with van der Waals surface area (Å²) in [5, 5.41) is 0. The van der Waals surface area contributed by atoms with E-state index in [0.717, 1.165) is 32.1 Å². The number of rotatable bonds is 4. The van der Waals surface area contributed by atoms with Gasteiger partial charge in [0.1, 0.15) is 10.7 Å². The number of halogens is 2. The first-order valence-electron chi connectivity index (χ1n) is 6.89. The largest absolute Gasteiger partial charge is 0.243 e. The third-order valence-corrected chi connectivity index (χ3v) is 5.98. The van der Waals surface area contributed by atoms with Crippen LogP contribution < -0.4 is 4.72 Å². The standard InChI is InChI=1S/C14H19BrFNO2S/c1-2-10-3-6-12(7-4-10)17-20(18,19)14-8-5-11(15)9-13(14)16/h5,8-10,12,17H,2-4,6-7H2,1H3. The van der Waals surface area contributed by atoms with Crippen LogP contribution in [0.2, 0.25) is 0 Å². The van der Waals surface area contributed by atoms with Crippen LogP contribution in [0.4, 0.5) is 4.39 Å². The van der Waals surface area contributed by atoms with Crippen molar-refractivity contribution in [3.63, 3.8) is 0 Å². The highest BCUT2D eigenvalue weighted by atomic mass is 79.9. The number of nitrogens with one attached hydrogen (secondary N) is 1. The van der Waals surface area contributed by atoms with Crippen LogP contribution >= 0.6 is 15.9 Å². The summed E-state index contributed by atoms with van der Waals surface area (Å²) in [6, 6.07) is 3.92. The highest BCUT2D eigenvalue weighted by Gasteiger charge is 2.26. The van der Waals surface area contributed by atoms with Gasteiger partial charge < -0.3 is 0 Å². The van der Waals surface area contributed by atoms with Gasteiger partial charge in [-0.2, -0.15) is 0 Å². The summed E-state index contributed by atoms with van der Waals surface area (Å²) >= 11 is 3.12. The summed E-state index contributed by atoms with van der Waals surface area (Å²) in [5.41, 5.74) is 0. The molecule has 112 valence electrons. The molecule has 2 rings (SSSR count). The lowest BCUT2D eigenvalue weighted by Crippen LogP contribution is -2.37. The van der Waals surface area contributed by atoms with Gasteiger partial charge in [0.05, 0.1) is 0 Å². The average Bonchev–Trinajstić information content (AvgIpc) is 2.38. The van der Waals surface area contributed by atoms with Crippen molar-refractivity contribution in [2.24, 2.45) is 5.92 Å². The Labute approximate surface area is 128 Å². The molecular formula is C14H19BrFNO2S. The van der Waals surface area contributed by atoms with E-state index in [1.807, 2.05) is 0 Å². The molecule has 0 aromatic heterocycles. The van der Waals surface area contributed by atoms with Crippen LogP contribution in [0.15, 0.2) is 27.6 Å². The first kappa shape index (κ1) is 15.9. The molecule has 20 heavy (non-hydrogen) atoms. The summed E-state index contributed by atoms with van der Waals surface area (Å²) in [6.45, 7) is 2.16. The zero-order chi connectivity index (χ0) is 14.8. The molecule has 0 atom stereocenters. The summed E-state index contributed by atoms with van der Waals surface area (Å²) in [4.78, 5) is -0.279. The van der Waals surface area contributed by atoms with Gasteiger partial charge in [-0.1, -0.05) is 29.3 Å². The van der Waals surface area contributed by atoms with Crippen LogP contribution in [0.1, 0.15) is 39.0 Å². The van der Waals surface area contributed by atoms with Gasteiger partial charge in [0.15, 0.2) is 0 Å². The van der Waals surface area contributed by atoms with Gasteiger partial charge in [0.25, 0.3) is 0 Å². The van der Waals surface area contributed by atoms with Crippen LogP contribution in [-0.2, 0) is 10.0 Å². The maximum Gasteiger partial charge on any atom is 0.243 e. The first-order chi connectivity index (χ1) is 9.42. The van der Waals surface area contributed by atoms with Crippen molar-refractivity contribution < 1.29 is 12.8 Å².